The molecule has 1 unspecified atom stereocenters. The van der Waals surface area contributed by atoms with Crippen LogP contribution in [-0.2, 0) is 23.9 Å². The molecule has 0 rings (SSSR count). The van der Waals surface area contributed by atoms with Crippen LogP contribution in [0.4, 0.5) is 0 Å². The summed E-state index contributed by atoms with van der Waals surface area (Å²) in [6.07, 6.45) is 4.81. The quantitative estimate of drug-likeness (QED) is 0.0940. The molecule has 1 atom stereocenters. The minimum Gasteiger partial charge on any atom is -0.430 e. The van der Waals surface area contributed by atoms with Crippen molar-refractivity contribution in [2.45, 2.75) is 65.1 Å². The maximum Gasteiger partial charge on any atom is 0.335 e. The summed E-state index contributed by atoms with van der Waals surface area (Å²) in [7, 11) is -4.03. The molecule has 0 aromatic carbocycles. The standard InChI is InChI=1S/C15H29O7P/c1-4-5-6-7-8-10-14(21-15(16)13(2)3)22-20-11-9-12-23(17,18)19/h14H,2,4-12H2,1,3H3,(H2,17,18,19). The van der Waals surface area contributed by atoms with Crippen LogP contribution in [0.25, 0.3) is 0 Å². The first-order valence-corrected chi connectivity index (χ1v) is 9.75. The van der Waals surface area contributed by atoms with Crippen LogP contribution in [0, 0.1) is 0 Å². The Hall–Kier alpha value is -0.720. The van der Waals surface area contributed by atoms with Gasteiger partial charge in [-0.1, -0.05) is 39.2 Å². The molecular formula is C15H29O7P. The second kappa shape index (κ2) is 12.7. The van der Waals surface area contributed by atoms with Gasteiger partial charge in [0.05, 0.1) is 12.8 Å². The molecular weight excluding hydrogens is 323 g/mol. The number of rotatable bonds is 14. The predicted octanol–water partition coefficient (Wildman–Crippen LogP) is 3.31. The van der Waals surface area contributed by atoms with Gasteiger partial charge < -0.3 is 14.5 Å². The van der Waals surface area contributed by atoms with Crippen LogP contribution in [-0.4, -0.2) is 34.8 Å². The van der Waals surface area contributed by atoms with Crippen molar-refractivity contribution in [1.82, 2.24) is 0 Å². The summed E-state index contributed by atoms with van der Waals surface area (Å²) in [5, 5.41) is 0. The molecule has 0 amide bonds. The van der Waals surface area contributed by atoms with E-state index in [1.54, 1.807) is 6.92 Å². The van der Waals surface area contributed by atoms with Gasteiger partial charge >= 0.3 is 13.6 Å². The summed E-state index contributed by atoms with van der Waals surface area (Å²) in [6.45, 7) is 7.20. The number of carbonyl (C=O) groups excluding carboxylic acids is 1. The van der Waals surface area contributed by atoms with Gasteiger partial charge in [-0.15, -0.1) is 0 Å². The van der Waals surface area contributed by atoms with Crippen molar-refractivity contribution in [3.8, 4) is 0 Å². The summed E-state index contributed by atoms with van der Waals surface area (Å²) >= 11 is 0. The average molecular weight is 352 g/mol. The molecule has 2 N–H and O–H groups in total. The second-order valence-corrected chi connectivity index (χ2v) is 7.25. The second-order valence-electron chi connectivity index (χ2n) is 5.48. The molecule has 8 heteroatoms. The lowest BCUT2D eigenvalue weighted by molar-refractivity contribution is -0.370. The van der Waals surface area contributed by atoms with Crippen LogP contribution in [0.5, 0.6) is 0 Å². The fraction of sp³-hybridized carbons (Fsp3) is 0.800. The van der Waals surface area contributed by atoms with Crippen LogP contribution in [0.15, 0.2) is 12.2 Å². The molecule has 23 heavy (non-hydrogen) atoms. The first-order valence-electron chi connectivity index (χ1n) is 7.95. The third-order valence-electron chi connectivity index (χ3n) is 2.98. The fourth-order valence-electron chi connectivity index (χ4n) is 1.71. The number of hydrogen-bond donors (Lipinski definition) is 2. The van der Waals surface area contributed by atoms with Gasteiger partial charge in [-0.25, -0.2) is 9.68 Å². The summed E-state index contributed by atoms with van der Waals surface area (Å²) in [5.41, 5.74) is 0.270. The van der Waals surface area contributed by atoms with Crippen molar-refractivity contribution in [3.63, 3.8) is 0 Å². The number of ether oxygens (including phenoxy) is 1. The van der Waals surface area contributed by atoms with Crippen LogP contribution in [0.3, 0.4) is 0 Å². The van der Waals surface area contributed by atoms with Gasteiger partial charge in [0.15, 0.2) is 0 Å². The third kappa shape index (κ3) is 14.6. The van der Waals surface area contributed by atoms with Gasteiger partial charge in [-0.2, -0.15) is 4.89 Å². The zero-order valence-electron chi connectivity index (χ0n) is 14.0. The van der Waals surface area contributed by atoms with E-state index in [1.807, 2.05) is 0 Å². The molecule has 0 bridgehead atoms. The maximum absolute atomic E-state index is 11.5. The van der Waals surface area contributed by atoms with Crippen molar-refractivity contribution in [2.75, 3.05) is 12.8 Å². The van der Waals surface area contributed by atoms with Crippen LogP contribution in [0.2, 0.25) is 0 Å². The highest BCUT2D eigenvalue weighted by atomic mass is 31.2. The average Bonchev–Trinajstić information content (AvgIpc) is 2.44. The maximum atomic E-state index is 11.5. The Kier molecular flexibility index (Phi) is 12.3. The lowest BCUT2D eigenvalue weighted by Crippen LogP contribution is -2.22. The Labute approximate surface area is 138 Å². The van der Waals surface area contributed by atoms with E-state index in [0.717, 1.165) is 32.1 Å². The Morgan fingerprint density at radius 1 is 1.17 bits per heavy atom. The lowest BCUT2D eigenvalue weighted by atomic mass is 10.1. The van der Waals surface area contributed by atoms with Crippen LogP contribution < -0.4 is 0 Å². The smallest absolute Gasteiger partial charge is 0.335 e. The van der Waals surface area contributed by atoms with E-state index in [-0.39, 0.29) is 24.8 Å². The highest BCUT2D eigenvalue weighted by Gasteiger charge is 2.17. The van der Waals surface area contributed by atoms with Gasteiger partial charge in [0.1, 0.15) is 0 Å². The third-order valence-corrected chi connectivity index (χ3v) is 3.88. The lowest BCUT2D eigenvalue weighted by Gasteiger charge is -2.17. The van der Waals surface area contributed by atoms with Gasteiger partial charge in [0.2, 0.25) is 6.29 Å². The van der Waals surface area contributed by atoms with E-state index in [9.17, 15) is 9.36 Å². The van der Waals surface area contributed by atoms with Crippen molar-refractivity contribution in [1.29, 1.82) is 0 Å². The Morgan fingerprint density at radius 3 is 2.39 bits per heavy atom. The summed E-state index contributed by atoms with van der Waals surface area (Å²) in [6, 6.07) is 0. The first-order chi connectivity index (χ1) is 10.8. The molecule has 0 radical (unpaired) electrons. The highest BCUT2D eigenvalue weighted by Crippen LogP contribution is 2.34. The van der Waals surface area contributed by atoms with Crippen molar-refractivity contribution >= 4 is 13.6 Å². The normalized spacial score (nSPS) is 12.9. The highest BCUT2D eigenvalue weighted by molar-refractivity contribution is 7.51. The SMILES string of the molecule is C=C(C)C(=O)OC(CCCCCCC)OOCCCP(=O)(O)O. The number of esters is 1. The molecule has 0 spiro atoms. The number of unbranched alkanes of at least 4 members (excludes halogenated alkanes) is 4. The largest absolute Gasteiger partial charge is 0.430 e. The molecule has 0 saturated heterocycles. The van der Waals surface area contributed by atoms with E-state index < -0.39 is 19.9 Å². The molecule has 0 heterocycles. The van der Waals surface area contributed by atoms with Crippen LogP contribution >= 0.6 is 7.60 Å². The van der Waals surface area contributed by atoms with Gasteiger partial charge in [-0.3, -0.25) is 4.57 Å². The van der Waals surface area contributed by atoms with Crippen molar-refractivity contribution < 1.29 is 33.7 Å². The molecule has 136 valence electrons. The Bertz CT molecular complexity index is 391. The molecule has 7 nitrogen and oxygen atoms in total. The van der Waals surface area contributed by atoms with E-state index in [0.29, 0.717) is 6.42 Å². The Morgan fingerprint density at radius 2 is 1.83 bits per heavy atom. The number of carbonyl (C=O) groups is 1. The van der Waals surface area contributed by atoms with Crippen molar-refractivity contribution in [3.05, 3.63) is 12.2 Å². The van der Waals surface area contributed by atoms with Gasteiger partial charge in [0, 0.05) is 12.0 Å². The molecule has 0 aliphatic heterocycles. The molecule has 0 aliphatic rings. The predicted molar refractivity (Wildman–Crippen MR) is 86.6 cm³/mol. The van der Waals surface area contributed by atoms with Gasteiger partial charge in [0.25, 0.3) is 0 Å². The minimum absolute atomic E-state index is 0.0159. The van der Waals surface area contributed by atoms with E-state index >= 15 is 0 Å². The molecule has 0 aliphatic carbocycles. The van der Waals surface area contributed by atoms with E-state index in [1.165, 1.54) is 0 Å². The van der Waals surface area contributed by atoms with Crippen molar-refractivity contribution in [2.24, 2.45) is 0 Å². The molecule has 0 aromatic heterocycles. The molecule has 0 aromatic rings. The van der Waals surface area contributed by atoms with E-state index in [2.05, 4.69) is 13.5 Å². The first kappa shape index (κ1) is 22.3. The molecule has 0 saturated carbocycles. The summed E-state index contributed by atoms with van der Waals surface area (Å²) in [4.78, 5) is 39.0. The monoisotopic (exact) mass is 352 g/mol. The van der Waals surface area contributed by atoms with Crippen LogP contribution in [0.1, 0.15) is 58.8 Å². The zero-order chi connectivity index (χ0) is 17.7. The zero-order valence-corrected chi connectivity index (χ0v) is 14.9. The Balaban J connectivity index is 4.08. The molecule has 0 fully saturated rings. The topological polar surface area (TPSA) is 102 Å². The minimum atomic E-state index is -4.03. The summed E-state index contributed by atoms with van der Waals surface area (Å²) in [5.74, 6) is -0.553. The van der Waals surface area contributed by atoms with Gasteiger partial charge in [-0.05, 0) is 19.8 Å². The summed E-state index contributed by atoms with van der Waals surface area (Å²) < 4.78 is 15.8. The number of hydrogen-bond acceptors (Lipinski definition) is 5. The fourth-order valence-corrected chi connectivity index (χ4v) is 2.26. The van der Waals surface area contributed by atoms with E-state index in [4.69, 9.17) is 24.3 Å².